The Balaban J connectivity index is 2.23. The summed E-state index contributed by atoms with van der Waals surface area (Å²) >= 11 is 0. The first-order chi connectivity index (χ1) is 10.7. The zero-order valence-electron chi connectivity index (χ0n) is 11.9. The number of pyridine rings is 2. The van der Waals surface area contributed by atoms with Gasteiger partial charge in [0.1, 0.15) is 11.6 Å². The lowest BCUT2D eigenvalue weighted by Crippen LogP contribution is -1.89. The van der Waals surface area contributed by atoms with Gasteiger partial charge in [0.25, 0.3) is 0 Å². The largest absolute Gasteiger partial charge is 0.305 e. The third-order valence-electron chi connectivity index (χ3n) is 3.48. The smallest absolute Gasteiger partial charge is 0.194 e. The van der Waals surface area contributed by atoms with E-state index in [9.17, 15) is 5.26 Å². The molecule has 0 aliphatic carbocycles. The second-order valence-corrected chi connectivity index (χ2v) is 4.78. The predicted molar refractivity (Wildman–Crippen MR) is 83.1 cm³/mol. The second kappa shape index (κ2) is 5.58. The third-order valence-corrected chi connectivity index (χ3v) is 3.48. The summed E-state index contributed by atoms with van der Waals surface area (Å²) in [5.41, 5.74) is 3.57. The fraction of sp³-hybridized carbons (Fsp3) is 0.0625. The normalized spacial score (nSPS) is 10.9. The Bertz CT molecular complexity index is 924. The highest BCUT2D eigenvalue weighted by atomic mass is 15.3. The van der Waals surface area contributed by atoms with Gasteiger partial charge in [-0.2, -0.15) is 5.26 Å². The Labute approximate surface area is 126 Å². The number of fused-ring (bicyclic) bond motifs is 1. The van der Waals surface area contributed by atoms with Gasteiger partial charge in [-0.25, -0.2) is 4.98 Å². The lowest BCUT2D eigenvalue weighted by molar-refractivity contribution is 1.03. The minimum absolute atomic E-state index is 0.225. The summed E-state index contributed by atoms with van der Waals surface area (Å²) in [7, 11) is 0. The number of aromatic nitrogens is 2. The lowest BCUT2D eigenvalue weighted by atomic mass is 9.99. The van der Waals surface area contributed by atoms with Crippen LogP contribution in [0.5, 0.6) is 0 Å². The number of nitrogens with two attached hydrogens (primary N) is 1. The molecule has 0 spiro atoms. The van der Waals surface area contributed by atoms with E-state index >= 15 is 0 Å². The molecule has 6 heteroatoms. The van der Waals surface area contributed by atoms with Gasteiger partial charge >= 0.3 is 0 Å². The van der Waals surface area contributed by atoms with Crippen LogP contribution >= 0.6 is 0 Å². The maximum absolute atomic E-state index is 9.33. The van der Waals surface area contributed by atoms with Crippen molar-refractivity contribution >= 4 is 16.6 Å². The van der Waals surface area contributed by atoms with E-state index in [1.165, 1.54) is 0 Å². The zero-order chi connectivity index (χ0) is 15.5. The Morgan fingerprint density at radius 3 is 2.82 bits per heavy atom. The second-order valence-electron chi connectivity index (χ2n) is 4.78. The molecule has 0 aliphatic heterocycles. The zero-order valence-corrected chi connectivity index (χ0v) is 11.9. The van der Waals surface area contributed by atoms with Gasteiger partial charge in [-0.05, 0) is 30.2 Å². The monoisotopic (exact) mass is 288 g/mol. The maximum atomic E-state index is 9.33. The van der Waals surface area contributed by atoms with Gasteiger partial charge < -0.3 is 5.84 Å². The van der Waals surface area contributed by atoms with E-state index in [-0.39, 0.29) is 5.82 Å². The molecule has 22 heavy (non-hydrogen) atoms. The van der Waals surface area contributed by atoms with Crippen molar-refractivity contribution < 1.29 is 0 Å². The van der Waals surface area contributed by atoms with Crippen molar-refractivity contribution in [2.45, 2.75) is 6.92 Å². The number of rotatable bonds is 2. The molecule has 2 N–H and O–H groups in total. The molecular formula is C16H12N6. The van der Waals surface area contributed by atoms with E-state index in [4.69, 9.17) is 5.84 Å². The standard InChI is InChI=1S/C16H12N6/c1-10-4-5-19-9-15(10)11-2-3-13-12(6-11)8-20-16(21-22-18)14(13)7-17/h2-6,8-9H,1H3,(H2,18,20,21). The van der Waals surface area contributed by atoms with Crippen LogP contribution in [0.25, 0.3) is 21.9 Å². The Morgan fingerprint density at radius 1 is 1.23 bits per heavy atom. The summed E-state index contributed by atoms with van der Waals surface area (Å²) in [5, 5.41) is 17.8. The van der Waals surface area contributed by atoms with Crippen molar-refractivity contribution in [3.63, 3.8) is 0 Å². The molecule has 0 unspecified atom stereocenters. The number of aryl methyl sites for hydroxylation is 1. The highest BCUT2D eigenvalue weighted by molar-refractivity contribution is 5.93. The van der Waals surface area contributed by atoms with E-state index in [1.54, 1.807) is 12.4 Å². The van der Waals surface area contributed by atoms with E-state index in [0.29, 0.717) is 5.56 Å². The molecule has 6 nitrogen and oxygen atoms in total. The lowest BCUT2D eigenvalue weighted by Gasteiger charge is -2.08. The van der Waals surface area contributed by atoms with Gasteiger partial charge in [0, 0.05) is 34.9 Å². The average molecular weight is 288 g/mol. The summed E-state index contributed by atoms with van der Waals surface area (Å²) in [6.45, 7) is 2.03. The number of hydrogen-bond donors (Lipinski definition) is 1. The molecule has 2 heterocycles. The molecule has 3 aromatic rings. The maximum Gasteiger partial charge on any atom is 0.194 e. The molecule has 106 valence electrons. The van der Waals surface area contributed by atoms with E-state index in [0.717, 1.165) is 27.5 Å². The van der Waals surface area contributed by atoms with Crippen molar-refractivity contribution in [1.82, 2.24) is 9.97 Å². The van der Waals surface area contributed by atoms with Crippen molar-refractivity contribution in [3.05, 3.63) is 54.0 Å². The molecule has 2 aromatic heterocycles. The molecule has 0 atom stereocenters. The number of hydrogen-bond acceptors (Lipinski definition) is 5. The van der Waals surface area contributed by atoms with Gasteiger partial charge in [-0.3, -0.25) is 4.98 Å². The summed E-state index contributed by atoms with van der Waals surface area (Å²) < 4.78 is 0. The van der Waals surface area contributed by atoms with Crippen LogP contribution in [0.3, 0.4) is 0 Å². The van der Waals surface area contributed by atoms with Gasteiger partial charge in [-0.15, -0.1) is 5.11 Å². The highest BCUT2D eigenvalue weighted by Crippen LogP contribution is 2.30. The van der Waals surface area contributed by atoms with Gasteiger partial charge in [0.15, 0.2) is 5.82 Å². The van der Waals surface area contributed by atoms with Crippen LogP contribution in [-0.2, 0) is 0 Å². The van der Waals surface area contributed by atoms with Crippen LogP contribution in [0.1, 0.15) is 11.1 Å². The molecule has 0 radical (unpaired) electrons. The van der Waals surface area contributed by atoms with Gasteiger partial charge in [0.05, 0.1) is 0 Å². The first-order valence-corrected chi connectivity index (χ1v) is 6.59. The number of nitriles is 1. The Hall–Kier alpha value is -3.33. The topological polar surface area (TPSA) is 100 Å². The molecule has 0 saturated heterocycles. The summed E-state index contributed by atoms with van der Waals surface area (Å²) in [6, 6.07) is 9.89. The first kappa shape index (κ1) is 13.6. The van der Waals surface area contributed by atoms with Crippen molar-refractivity contribution in [2.75, 3.05) is 0 Å². The number of nitrogens with zero attached hydrogens (tertiary/aromatic N) is 5. The highest BCUT2D eigenvalue weighted by Gasteiger charge is 2.10. The van der Waals surface area contributed by atoms with Gasteiger partial charge in [-0.1, -0.05) is 17.4 Å². The van der Waals surface area contributed by atoms with Crippen LogP contribution in [0, 0.1) is 18.3 Å². The first-order valence-electron chi connectivity index (χ1n) is 6.59. The molecule has 0 saturated carbocycles. The summed E-state index contributed by atoms with van der Waals surface area (Å²) in [4.78, 5) is 8.31. The molecule has 0 aliphatic rings. The van der Waals surface area contributed by atoms with Crippen LogP contribution in [0.2, 0.25) is 0 Å². The fourth-order valence-corrected chi connectivity index (χ4v) is 2.39. The van der Waals surface area contributed by atoms with Crippen LogP contribution in [0.15, 0.2) is 53.2 Å². The van der Waals surface area contributed by atoms with E-state index < -0.39 is 0 Å². The summed E-state index contributed by atoms with van der Waals surface area (Å²) in [5.74, 6) is 5.27. The van der Waals surface area contributed by atoms with Gasteiger partial charge in [0.2, 0.25) is 0 Å². The molecular weight excluding hydrogens is 276 g/mol. The predicted octanol–water partition coefficient (Wildman–Crippen LogP) is 3.43. The van der Waals surface area contributed by atoms with Crippen LogP contribution < -0.4 is 5.84 Å². The fourth-order valence-electron chi connectivity index (χ4n) is 2.39. The van der Waals surface area contributed by atoms with E-state index in [1.807, 2.05) is 37.4 Å². The van der Waals surface area contributed by atoms with E-state index in [2.05, 4.69) is 26.4 Å². The van der Waals surface area contributed by atoms with Crippen molar-refractivity contribution in [2.24, 2.45) is 16.2 Å². The molecule has 3 rings (SSSR count). The number of benzene rings is 1. The molecule has 0 fully saturated rings. The molecule has 1 aromatic carbocycles. The van der Waals surface area contributed by atoms with Crippen LogP contribution in [-0.4, -0.2) is 9.97 Å². The van der Waals surface area contributed by atoms with Crippen molar-refractivity contribution in [3.8, 4) is 17.2 Å². The Morgan fingerprint density at radius 2 is 2.09 bits per heavy atom. The average Bonchev–Trinajstić information content (AvgIpc) is 2.55. The Kier molecular flexibility index (Phi) is 3.46. The van der Waals surface area contributed by atoms with Crippen LogP contribution in [0.4, 0.5) is 5.82 Å². The summed E-state index contributed by atoms with van der Waals surface area (Å²) in [6.07, 6.45) is 5.25. The van der Waals surface area contributed by atoms with Crippen molar-refractivity contribution in [1.29, 1.82) is 5.26 Å². The minimum Gasteiger partial charge on any atom is -0.305 e. The molecule has 0 bridgehead atoms. The molecule has 0 amide bonds. The third kappa shape index (κ3) is 2.25. The minimum atomic E-state index is 0.225. The SMILES string of the molecule is Cc1ccncc1-c1ccc2c(C#N)c(N=NN)ncc2c1. The quantitative estimate of drug-likeness (QED) is 0.443.